The molecule has 124 valence electrons. The fraction of sp³-hybridized carbons (Fsp3) is 0.143. The molecule has 0 radical (unpaired) electrons. The number of para-hydroxylation sites is 1. The predicted octanol–water partition coefficient (Wildman–Crippen LogP) is 4.02. The van der Waals surface area contributed by atoms with Crippen molar-refractivity contribution in [3.8, 4) is 23.0 Å². The molecule has 0 spiro atoms. The molecule has 4 nitrogen and oxygen atoms in total. The van der Waals surface area contributed by atoms with Crippen LogP contribution in [0, 0.1) is 18.8 Å². The topological polar surface area (TPSA) is 46.9 Å². The van der Waals surface area contributed by atoms with E-state index >= 15 is 0 Å². The van der Waals surface area contributed by atoms with E-state index in [1.54, 1.807) is 11.7 Å². The highest BCUT2D eigenvalue weighted by Gasteiger charge is 2.15. The number of hydrogen-bond donors (Lipinski definition) is 1. The molecule has 25 heavy (non-hydrogen) atoms. The van der Waals surface area contributed by atoms with Crippen molar-refractivity contribution in [3.05, 3.63) is 71.5 Å². The van der Waals surface area contributed by atoms with Crippen molar-refractivity contribution >= 4 is 11.6 Å². The Balaban J connectivity index is 1.91. The molecule has 0 aliphatic rings. The van der Waals surface area contributed by atoms with E-state index in [1.165, 1.54) is 0 Å². The molecule has 0 aliphatic carbocycles. The quantitative estimate of drug-likeness (QED) is 0.738. The van der Waals surface area contributed by atoms with Gasteiger partial charge in [0.1, 0.15) is 0 Å². The number of amides is 1. The van der Waals surface area contributed by atoms with Crippen LogP contribution in [0.4, 0.5) is 5.69 Å². The van der Waals surface area contributed by atoms with Gasteiger partial charge in [-0.2, -0.15) is 5.10 Å². The van der Waals surface area contributed by atoms with Crippen LogP contribution >= 0.6 is 0 Å². The average molecular weight is 329 g/mol. The Hall–Kier alpha value is -3.32. The Morgan fingerprint density at radius 1 is 1.12 bits per heavy atom. The number of benzene rings is 2. The average Bonchev–Trinajstić information content (AvgIpc) is 2.95. The Kier molecular flexibility index (Phi) is 4.67. The minimum atomic E-state index is -0.209. The maximum Gasteiger partial charge on any atom is 0.276 e. The molecule has 0 saturated carbocycles. The standard InChI is InChI=1S/C21H19N3O/c1-4-7-16-10-12-17(13-11-16)18-8-5-6-9-19(18)22-21(25)20-15(2)14-24(3)23-20/h5-6,8-14H,1-3H3,(H,22,25). The lowest BCUT2D eigenvalue weighted by Crippen LogP contribution is -2.14. The number of carbonyl (C=O) groups is 1. The van der Waals surface area contributed by atoms with Crippen LogP contribution in [0.15, 0.2) is 54.7 Å². The monoisotopic (exact) mass is 329 g/mol. The number of aromatic nitrogens is 2. The van der Waals surface area contributed by atoms with Crippen molar-refractivity contribution < 1.29 is 4.79 Å². The molecule has 0 saturated heterocycles. The van der Waals surface area contributed by atoms with Crippen LogP contribution in [0.3, 0.4) is 0 Å². The number of nitrogens with zero attached hydrogens (tertiary/aromatic N) is 2. The second-order valence-electron chi connectivity index (χ2n) is 5.79. The van der Waals surface area contributed by atoms with Crippen LogP contribution in [0.25, 0.3) is 11.1 Å². The van der Waals surface area contributed by atoms with E-state index in [4.69, 9.17) is 0 Å². The van der Waals surface area contributed by atoms with Crippen molar-refractivity contribution in [2.45, 2.75) is 13.8 Å². The summed E-state index contributed by atoms with van der Waals surface area (Å²) in [4.78, 5) is 12.6. The molecule has 3 aromatic rings. The lowest BCUT2D eigenvalue weighted by atomic mass is 10.0. The summed E-state index contributed by atoms with van der Waals surface area (Å²) >= 11 is 0. The van der Waals surface area contributed by atoms with Gasteiger partial charge in [0.25, 0.3) is 5.91 Å². The smallest absolute Gasteiger partial charge is 0.276 e. The first-order valence-electron chi connectivity index (χ1n) is 8.02. The van der Waals surface area contributed by atoms with E-state index in [0.29, 0.717) is 5.69 Å². The molecular weight excluding hydrogens is 310 g/mol. The van der Waals surface area contributed by atoms with Crippen molar-refractivity contribution in [2.75, 3.05) is 5.32 Å². The highest BCUT2D eigenvalue weighted by molar-refractivity contribution is 6.05. The maximum atomic E-state index is 12.6. The molecule has 4 heteroatoms. The van der Waals surface area contributed by atoms with Crippen LogP contribution < -0.4 is 5.32 Å². The van der Waals surface area contributed by atoms with Crippen LogP contribution in [0.5, 0.6) is 0 Å². The lowest BCUT2D eigenvalue weighted by Gasteiger charge is -2.11. The molecular formula is C21H19N3O. The fourth-order valence-electron chi connectivity index (χ4n) is 2.73. The summed E-state index contributed by atoms with van der Waals surface area (Å²) in [5.41, 5.74) is 4.99. The van der Waals surface area contributed by atoms with E-state index in [-0.39, 0.29) is 5.91 Å². The molecule has 0 atom stereocenters. The summed E-state index contributed by atoms with van der Waals surface area (Å²) in [6.45, 7) is 3.69. The summed E-state index contributed by atoms with van der Waals surface area (Å²) in [5, 5.41) is 7.21. The summed E-state index contributed by atoms with van der Waals surface area (Å²) in [5.74, 6) is 5.71. The lowest BCUT2D eigenvalue weighted by molar-refractivity contribution is 0.102. The third kappa shape index (κ3) is 3.61. The van der Waals surface area contributed by atoms with E-state index in [1.807, 2.05) is 68.6 Å². The normalized spacial score (nSPS) is 10.0. The fourth-order valence-corrected chi connectivity index (χ4v) is 2.73. The minimum Gasteiger partial charge on any atom is -0.320 e. The zero-order valence-corrected chi connectivity index (χ0v) is 14.5. The maximum absolute atomic E-state index is 12.6. The Labute approximate surface area is 147 Å². The first kappa shape index (κ1) is 16.5. The Bertz CT molecular complexity index is 972. The van der Waals surface area contributed by atoms with Crippen LogP contribution in [-0.2, 0) is 7.05 Å². The van der Waals surface area contributed by atoms with Gasteiger partial charge in [-0.25, -0.2) is 0 Å². The van der Waals surface area contributed by atoms with Gasteiger partial charge in [0.05, 0.1) is 0 Å². The van der Waals surface area contributed by atoms with Gasteiger partial charge in [0, 0.05) is 35.6 Å². The van der Waals surface area contributed by atoms with E-state index in [9.17, 15) is 4.79 Å². The largest absolute Gasteiger partial charge is 0.320 e. The second-order valence-corrected chi connectivity index (χ2v) is 5.79. The number of rotatable bonds is 3. The Morgan fingerprint density at radius 2 is 1.84 bits per heavy atom. The van der Waals surface area contributed by atoms with Gasteiger partial charge in [0.15, 0.2) is 5.69 Å². The highest BCUT2D eigenvalue weighted by atomic mass is 16.2. The molecule has 1 heterocycles. The van der Waals surface area contributed by atoms with Crippen molar-refractivity contribution in [3.63, 3.8) is 0 Å². The van der Waals surface area contributed by atoms with Gasteiger partial charge in [-0.1, -0.05) is 36.3 Å². The van der Waals surface area contributed by atoms with Gasteiger partial charge in [-0.15, -0.1) is 5.92 Å². The second kappa shape index (κ2) is 7.06. The number of aryl methyl sites for hydroxylation is 2. The zero-order valence-electron chi connectivity index (χ0n) is 14.5. The van der Waals surface area contributed by atoms with E-state index in [0.717, 1.165) is 27.9 Å². The number of carbonyl (C=O) groups excluding carboxylic acids is 1. The van der Waals surface area contributed by atoms with Gasteiger partial charge < -0.3 is 5.32 Å². The third-order valence-electron chi connectivity index (χ3n) is 3.87. The highest BCUT2D eigenvalue weighted by Crippen LogP contribution is 2.28. The van der Waals surface area contributed by atoms with E-state index < -0.39 is 0 Å². The molecule has 0 fully saturated rings. The number of nitrogens with one attached hydrogen (secondary N) is 1. The molecule has 0 unspecified atom stereocenters. The van der Waals surface area contributed by atoms with E-state index in [2.05, 4.69) is 22.3 Å². The van der Waals surface area contributed by atoms with Gasteiger partial charge in [-0.05, 0) is 37.6 Å². The van der Waals surface area contributed by atoms with Crippen LogP contribution in [-0.4, -0.2) is 15.7 Å². The van der Waals surface area contributed by atoms with Crippen LogP contribution in [0.2, 0.25) is 0 Å². The summed E-state index contributed by atoms with van der Waals surface area (Å²) < 4.78 is 1.64. The molecule has 0 bridgehead atoms. The van der Waals surface area contributed by atoms with Crippen molar-refractivity contribution in [2.24, 2.45) is 7.05 Å². The first-order valence-corrected chi connectivity index (χ1v) is 8.02. The summed E-state index contributed by atoms with van der Waals surface area (Å²) in [6, 6.07) is 15.7. The first-order chi connectivity index (χ1) is 12.1. The van der Waals surface area contributed by atoms with Gasteiger partial charge in [0.2, 0.25) is 0 Å². The predicted molar refractivity (Wildman–Crippen MR) is 100 cm³/mol. The molecule has 1 N–H and O–H groups in total. The minimum absolute atomic E-state index is 0.209. The van der Waals surface area contributed by atoms with Gasteiger partial charge >= 0.3 is 0 Å². The summed E-state index contributed by atoms with van der Waals surface area (Å²) in [7, 11) is 1.80. The molecule has 3 rings (SSSR count). The number of hydrogen-bond acceptors (Lipinski definition) is 2. The van der Waals surface area contributed by atoms with Crippen molar-refractivity contribution in [1.29, 1.82) is 0 Å². The molecule has 1 amide bonds. The molecule has 2 aromatic carbocycles. The zero-order chi connectivity index (χ0) is 17.8. The third-order valence-corrected chi connectivity index (χ3v) is 3.87. The number of anilines is 1. The van der Waals surface area contributed by atoms with Crippen LogP contribution in [0.1, 0.15) is 28.5 Å². The SMILES string of the molecule is CC#Cc1ccc(-c2ccccc2NC(=O)c2nn(C)cc2C)cc1. The van der Waals surface area contributed by atoms with Crippen molar-refractivity contribution in [1.82, 2.24) is 9.78 Å². The molecule has 1 aromatic heterocycles. The Morgan fingerprint density at radius 3 is 2.48 bits per heavy atom. The van der Waals surface area contributed by atoms with Gasteiger partial charge in [-0.3, -0.25) is 9.48 Å². The molecule has 0 aliphatic heterocycles. The summed E-state index contributed by atoms with van der Waals surface area (Å²) in [6.07, 6.45) is 1.83.